The average molecular weight is 495 g/mol. The number of aromatic nitrogens is 2. The van der Waals surface area contributed by atoms with E-state index in [0.717, 1.165) is 37.6 Å². The number of nitrogens with zero attached hydrogens (tertiary/aromatic N) is 3. The minimum absolute atomic E-state index is 0. The number of guanidine groups is 1. The van der Waals surface area contributed by atoms with Crippen LogP contribution in [0.2, 0.25) is 0 Å². The van der Waals surface area contributed by atoms with E-state index in [1.54, 1.807) is 11.3 Å². The molecule has 0 spiro atoms. The van der Waals surface area contributed by atoms with E-state index in [1.807, 2.05) is 16.9 Å². The van der Waals surface area contributed by atoms with Crippen molar-refractivity contribution in [2.75, 3.05) is 13.1 Å². The zero-order chi connectivity index (χ0) is 18.0. The molecule has 0 unspecified atom stereocenters. The molecule has 3 rings (SSSR count). The van der Waals surface area contributed by atoms with Crippen molar-refractivity contribution >= 4 is 41.3 Å². The summed E-state index contributed by atoms with van der Waals surface area (Å²) in [5.41, 5.74) is 2.35. The predicted molar refractivity (Wildman–Crippen MR) is 124 cm³/mol. The van der Waals surface area contributed by atoms with Gasteiger partial charge >= 0.3 is 0 Å². The molecular formula is C20H26IN5S. The van der Waals surface area contributed by atoms with Crippen LogP contribution in [0.3, 0.4) is 0 Å². The summed E-state index contributed by atoms with van der Waals surface area (Å²) in [4.78, 5) is 6.05. The first-order chi connectivity index (χ1) is 12.8. The van der Waals surface area contributed by atoms with E-state index in [-0.39, 0.29) is 24.0 Å². The Hall–Kier alpha value is -1.87. The van der Waals surface area contributed by atoms with Crippen molar-refractivity contribution in [2.24, 2.45) is 4.99 Å². The zero-order valence-electron chi connectivity index (χ0n) is 15.5. The summed E-state index contributed by atoms with van der Waals surface area (Å²) in [6.45, 7) is 5.19. The number of nitrogens with one attached hydrogen (secondary N) is 2. The summed E-state index contributed by atoms with van der Waals surface area (Å²) in [5, 5.41) is 13.2. The number of thiophene rings is 1. The molecule has 0 aliphatic rings. The summed E-state index contributed by atoms with van der Waals surface area (Å²) in [6, 6.07) is 14.6. The summed E-state index contributed by atoms with van der Waals surface area (Å²) in [6.07, 6.45) is 4.96. The van der Waals surface area contributed by atoms with Gasteiger partial charge in [0.1, 0.15) is 0 Å². The minimum Gasteiger partial charge on any atom is -0.357 e. The van der Waals surface area contributed by atoms with Gasteiger partial charge in [0.25, 0.3) is 0 Å². The van der Waals surface area contributed by atoms with Gasteiger partial charge in [-0.2, -0.15) is 5.10 Å². The van der Waals surface area contributed by atoms with Gasteiger partial charge in [-0.1, -0.05) is 36.4 Å². The smallest absolute Gasteiger partial charge is 0.191 e. The molecule has 27 heavy (non-hydrogen) atoms. The number of hydrogen-bond donors (Lipinski definition) is 2. The molecule has 3 aromatic rings. The van der Waals surface area contributed by atoms with E-state index in [2.05, 4.69) is 75.6 Å². The molecule has 1 aromatic carbocycles. The van der Waals surface area contributed by atoms with Crippen LogP contribution in [0.25, 0.3) is 0 Å². The second kappa shape index (κ2) is 11.8. The molecule has 5 nitrogen and oxygen atoms in total. The van der Waals surface area contributed by atoms with Gasteiger partial charge in [0, 0.05) is 29.7 Å². The fourth-order valence-electron chi connectivity index (χ4n) is 2.62. The molecule has 2 aromatic heterocycles. The maximum atomic E-state index is 4.67. The predicted octanol–water partition coefficient (Wildman–Crippen LogP) is 3.91. The molecule has 0 aliphatic carbocycles. The number of hydrogen-bond acceptors (Lipinski definition) is 3. The average Bonchev–Trinajstić information content (AvgIpc) is 3.33. The van der Waals surface area contributed by atoms with Crippen LogP contribution in [0.1, 0.15) is 22.9 Å². The lowest BCUT2D eigenvalue weighted by Crippen LogP contribution is -2.38. The van der Waals surface area contributed by atoms with Crippen molar-refractivity contribution in [3.8, 4) is 0 Å². The van der Waals surface area contributed by atoms with E-state index in [0.29, 0.717) is 6.54 Å². The molecule has 144 valence electrons. The molecular weight excluding hydrogens is 469 g/mol. The largest absolute Gasteiger partial charge is 0.357 e. The third-order valence-corrected chi connectivity index (χ3v) is 4.82. The maximum Gasteiger partial charge on any atom is 0.191 e. The normalized spacial score (nSPS) is 11.1. The Kier molecular flexibility index (Phi) is 9.34. The van der Waals surface area contributed by atoms with E-state index in [4.69, 9.17) is 0 Å². The standard InChI is InChI=1S/C20H25N5S.HI/c1-2-21-20(22-11-10-19-9-6-12-26-19)23-13-18-14-24-25(16-18)15-17-7-4-3-5-8-17;/h3-9,12,14,16H,2,10-11,13,15H2,1H3,(H2,21,22,23);1H. The van der Waals surface area contributed by atoms with Crippen LogP contribution >= 0.6 is 35.3 Å². The third-order valence-electron chi connectivity index (χ3n) is 3.88. The van der Waals surface area contributed by atoms with E-state index >= 15 is 0 Å². The van der Waals surface area contributed by atoms with Crippen LogP contribution in [0.15, 0.2) is 65.2 Å². The maximum absolute atomic E-state index is 4.67. The number of benzene rings is 1. The molecule has 0 saturated heterocycles. The van der Waals surface area contributed by atoms with Gasteiger partial charge in [0.05, 0.1) is 19.3 Å². The van der Waals surface area contributed by atoms with Crippen molar-refractivity contribution in [3.05, 3.63) is 76.2 Å². The molecule has 0 fully saturated rings. The first kappa shape index (κ1) is 21.4. The van der Waals surface area contributed by atoms with Gasteiger partial charge in [0.2, 0.25) is 0 Å². The monoisotopic (exact) mass is 495 g/mol. The van der Waals surface area contributed by atoms with Crippen molar-refractivity contribution in [1.82, 2.24) is 20.4 Å². The van der Waals surface area contributed by atoms with Crippen molar-refractivity contribution in [3.63, 3.8) is 0 Å². The number of rotatable bonds is 8. The highest BCUT2D eigenvalue weighted by Gasteiger charge is 2.02. The zero-order valence-corrected chi connectivity index (χ0v) is 18.6. The van der Waals surface area contributed by atoms with Crippen LogP contribution in [-0.4, -0.2) is 28.8 Å². The van der Waals surface area contributed by atoms with Gasteiger partial charge in [-0.15, -0.1) is 35.3 Å². The Morgan fingerprint density at radius 2 is 1.96 bits per heavy atom. The van der Waals surface area contributed by atoms with Crippen LogP contribution in [0.5, 0.6) is 0 Å². The van der Waals surface area contributed by atoms with Crippen LogP contribution in [0, 0.1) is 0 Å². The van der Waals surface area contributed by atoms with E-state index < -0.39 is 0 Å². The fraction of sp³-hybridized carbons (Fsp3) is 0.300. The Labute approximate surface area is 181 Å². The second-order valence-corrected chi connectivity index (χ2v) is 7.02. The first-order valence-electron chi connectivity index (χ1n) is 8.93. The first-order valence-corrected chi connectivity index (χ1v) is 9.81. The van der Waals surface area contributed by atoms with Crippen LogP contribution < -0.4 is 10.6 Å². The van der Waals surface area contributed by atoms with Gasteiger partial charge in [-0.05, 0) is 30.4 Å². The highest BCUT2D eigenvalue weighted by atomic mass is 127. The second-order valence-electron chi connectivity index (χ2n) is 5.98. The van der Waals surface area contributed by atoms with E-state index in [1.165, 1.54) is 10.4 Å². The molecule has 0 aliphatic heterocycles. The van der Waals surface area contributed by atoms with Gasteiger partial charge in [0.15, 0.2) is 5.96 Å². The molecule has 0 radical (unpaired) electrons. The highest BCUT2D eigenvalue weighted by molar-refractivity contribution is 14.0. The molecule has 2 heterocycles. The van der Waals surface area contributed by atoms with Crippen molar-refractivity contribution in [1.29, 1.82) is 0 Å². The Balaban J connectivity index is 0.00000261. The van der Waals surface area contributed by atoms with E-state index in [9.17, 15) is 0 Å². The Morgan fingerprint density at radius 1 is 1.11 bits per heavy atom. The van der Waals surface area contributed by atoms with Gasteiger partial charge in [-0.3, -0.25) is 4.68 Å². The van der Waals surface area contributed by atoms with Crippen LogP contribution in [0.4, 0.5) is 0 Å². The Morgan fingerprint density at radius 3 is 2.70 bits per heavy atom. The molecule has 0 amide bonds. The minimum atomic E-state index is 0. The molecule has 0 atom stereocenters. The quantitative estimate of drug-likeness (QED) is 0.283. The fourth-order valence-corrected chi connectivity index (χ4v) is 3.32. The van der Waals surface area contributed by atoms with Crippen LogP contribution in [-0.2, 0) is 19.5 Å². The lowest BCUT2D eigenvalue weighted by molar-refractivity contribution is 0.686. The topological polar surface area (TPSA) is 54.2 Å². The summed E-state index contributed by atoms with van der Waals surface area (Å²) in [5.74, 6) is 0.847. The van der Waals surface area contributed by atoms with Gasteiger partial charge in [-0.25, -0.2) is 4.99 Å². The van der Waals surface area contributed by atoms with Gasteiger partial charge < -0.3 is 10.6 Å². The lowest BCUT2D eigenvalue weighted by Gasteiger charge is -2.10. The molecule has 2 N–H and O–H groups in total. The molecule has 7 heteroatoms. The Bertz CT molecular complexity index is 799. The molecule has 0 bridgehead atoms. The third kappa shape index (κ3) is 7.34. The molecule has 0 saturated carbocycles. The van der Waals surface area contributed by atoms with Crippen molar-refractivity contribution in [2.45, 2.75) is 26.4 Å². The summed E-state index contributed by atoms with van der Waals surface area (Å²) >= 11 is 1.79. The number of halogens is 1. The highest BCUT2D eigenvalue weighted by Crippen LogP contribution is 2.08. The SMILES string of the molecule is CCNC(=NCc1cnn(Cc2ccccc2)c1)NCCc1cccs1.I. The lowest BCUT2D eigenvalue weighted by atomic mass is 10.2. The summed E-state index contributed by atoms with van der Waals surface area (Å²) < 4.78 is 1.96. The van der Waals surface area contributed by atoms with Crippen molar-refractivity contribution < 1.29 is 0 Å². The summed E-state index contributed by atoms with van der Waals surface area (Å²) in [7, 11) is 0. The number of aliphatic imine (C=N–C) groups is 1.